The molecule has 0 unspecified atom stereocenters. The summed E-state index contributed by atoms with van der Waals surface area (Å²) in [6.07, 6.45) is 1.84. The summed E-state index contributed by atoms with van der Waals surface area (Å²) in [5.74, 6) is -0.122. The van der Waals surface area contributed by atoms with Crippen molar-refractivity contribution in [2.75, 3.05) is 50.8 Å². The van der Waals surface area contributed by atoms with Gasteiger partial charge in [-0.1, -0.05) is 37.6 Å². The van der Waals surface area contributed by atoms with Gasteiger partial charge >= 0.3 is 6.03 Å². The van der Waals surface area contributed by atoms with Crippen LogP contribution in [0.4, 0.5) is 10.5 Å². The predicted octanol–water partition coefficient (Wildman–Crippen LogP) is 4.21. The Balaban J connectivity index is 1.21. The molecule has 9 heteroatoms. The van der Waals surface area contributed by atoms with E-state index in [0.717, 1.165) is 51.4 Å². The number of urea groups is 1. The van der Waals surface area contributed by atoms with Gasteiger partial charge in [-0.3, -0.25) is 14.6 Å². The Morgan fingerprint density at radius 2 is 1.89 bits per heavy atom. The number of rotatable bonds is 7. The number of anilines is 1. The summed E-state index contributed by atoms with van der Waals surface area (Å²) in [6.45, 7) is 10.5. The molecule has 35 heavy (non-hydrogen) atoms. The van der Waals surface area contributed by atoms with Gasteiger partial charge in [-0.25, -0.2) is 4.79 Å². The summed E-state index contributed by atoms with van der Waals surface area (Å²) < 4.78 is 6.05. The zero-order valence-corrected chi connectivity index (χ0v) is 21.9. The average Bonchev–Trinajstić information content (AvgIpc) is 3.56. The van der Waals surface area contributed by atoms with E-state index in [0.29, 0.717) is 22.3 Å². The second kappa shape index (κ2) is 10.1. The molecule has 0 saturated carbocycles. The Morgan fingerprint density at radius 1 is 1.14 bits per heavy atom. The van der Waals surface area contributed by atoms with Crippen molar-refractivity contribution < 1.29 is 14.3 Å². The molecule has 5 rings (SSSR count). The Kier molecular flexibility index (Phi) is 7.08. The highest BCUT2D eigenvalue weighted by Crippen LogP contribution is 2.33. The third-order valence-electron chi connectivity index (χ3n) is 7.62. The summed E-state index contributed by atoms with van der Waals surface area (Å²) in [4.78, 5) is 32.6. The first-order valence-corrected chi connectivity index (χ1v) is 13.6. The number of thiophene rings is 1. The zero-order valence-electron chi connectivity index (χ0n) is 20.3. The van der Waals surface area contributed by atoms with Gasteiger partial charge < -0.3 is 15.0 Å². The molecule has 7 nitrogen and oxygen atoms in total. The van der Waals surface area contributed by atoms with E-state index in [1.165, 1.54) is 16.9 Å². The van der Waals surface area contributed by atoms with Crippen LogP contribution in [-0.4, -0.2) is 79.8 Å². The Bertz CT molecular complexity index is 1070. The fourth-order valence-corrected chi connectivity index (χ4v) is 6.24. The van der Waals surface area contributed by atoms with Crippen molar-refractivity contribution >= 4 is 40.6 Å². The molecule has 2 aromatic rings. The molecule has 3 aliphatic heterocycles. The first kappa shape index (κ1) is 24.6. The molecule has 0 radical (unpaired) electrons. The van der Waals surface area contributed by atoms with E-state index in [-0.39, 0.29) is 29.4 Å². The number of carbonyl (C=O) groups excluding carboxylic acids is 2. The van der Waals surface area contributed by atoms with E-state index in [1.54, 1.807) is 12.1 Å². The van der Waals surface area contributed by atoms with E-state index in [4.69, 9.17) is 16.3 Å². The minimum atomic E-state index is -0.122. The minimum Gasteiger partial charge on any atom is -0.379 e. The van der Waals surface area contributed by atoms with Crippen molar-refractivity contribution in [3.05, 3.63) is 51.2 Å². The summed E-state index contributed by atoms with van der Waals surface area (Å²) in [7, 11) is 0. The number of benzene rings is 1. The maximum Gasteiger partial charge on any atom is 0.324 e. The smallest absolute Gasteiger partial charge is 0.324 e. The van der Waals surface area contributed by atoms with Gasteiger partial charge in [0.2, 0.25) is 0 Å². The van der Waals surface area contributed by atoms with Crippen LogP contribution in [0.5, 0.6) is 0 Å². The van der Waals surface area contributed by atoms with Gasteiger partial charge in [0.25, 0.3) is 5.91 Å². The molecular weight excluding hydrogens is 484 g/mol. The van der Waals surface area contributed by atoms with Crippen molar-refractivity contribution in [1.29, 1.82) is 0 Å². The van der Waals surface area contributed by atoms with Crippen LogP contribution in [0.1, 0.15) is 41.9 Å². The minimum absolute atomic E-state index is 0.0187. The fraction of sp³-hybridized carbons (Fsp3) is 0.538. The third kappa shape index (κ3) is 5.21. The Labute approximate surface area is 216 Å². The predicted molar refractivity (Wildman–Crippen MR) is 140 cm³/mol. The maximum atomic E-state index is 13.2. The lowest BCUT2D eigenvalue weighted by molar-refractivity contribution is 0.0350. The number of ether oxygens (including phenoxy) is 1. The number of nitrogens with one attached hydrogen (secondary N) is 1. The molecule has 3 fully saturated rings. The van der Waals surface area contributed by atoms with E-state index in [2.05, 4.69) is 48.3 Å². The molecule has 0 aliphatic carbocycles. The van der Waals surface area contributed by atoms with Crippen molar-refractivity contribution in [3.8, 4) is 0 Å². The van der Waals surface area contributed by atoms with Gasteiger partial charge in [-0.2, -0.15) is 0 Å². The van der Waals surface area contributed by atoms with Gasteiger partial charge in [0, 0.05) is 25.3 Å². The van der Waals surface area contributed by atoms with Crippen LogP contribution in [0.3, 0.4) is 0 Å². The molecule has 2 atom stereocenters. The summed E-state index contributed by atoms with van der Waals surface area (Å²) >= 11 is 7.25. The van der Waals surface area contributed by atoms with Crippen LogP contribution in [0.15, 0.2) is 36.4 Å². The first-order valence-electron chi connectivity index (χ1n) is 12.4. The molecule has 3 amide bonds. The Hall–Kier alpha value is -2.13. The van der Waals surface area contributed by atoms with Gasteiger partial charge in [-0.05, 0) is 54.6 Å². The molecule has 1 N–H and O–H groups in total. The van der Waals surface area contributed by atoms with Gasteiger partial charge in [0.05, 0.1) is 41.1 Å². The van der Waals surface area contributed by atoms with E-state index >= 15 is 0 Å². The number of carbonyl (C=O) groups is 2. The highest BCUT2D eigenvalue weighted by Gasteiger charge is 2.46. The van der Waals surface area contributed by atoms with Crippen LogP contribution in [-0.2, 0) is 10.2 Å². The normalized spacial score (nSPS) is 23.1. The van der Waals surface area contributed by atoms with Gasteiger partial charge in [0.1, 0.15) is 0 Å². The second-order valence-electron chi connectivity index (χ2n) is 10.3. The SMILES string of the molecule is CC(C)(CCN1CCOCC1)c1ccc(N2C[C@@H]3[C@H](NC(=O)c4ccc(Cl)s4)CCN3C2=O)cc1. The standard InChI is InChI=1S/C26H33ClN4O3S/c1-26(2,10-12-29-13-15-34-16-14-29)18-3-5-19(6-4-18)31-17-21-20(9-11-30(21)25(31)33)28-24(32)22-7-8-23(27)35-22/h3-8,20-21H,9-17H2,1-2H3,(H,28,32)/t20-,21-/m1/s1. The van der Waals surface area contributed by atoms with E-state index in [1.807, 2.05) is 9.80 Å². The quantitative estimate of drug-likeness (QED) is 0.598. The summed E-state index contributed by atoms with van der Waals surface area (Å²) in [6, 6.07) is 11.9. The average molecular weight is 517 g/mol. The summed E-state index contributed by atoms with van der Waals surface area (Å²) in [5, 5.41) is 3.12. The van der Waals surface area contributed by atoms with E-state index in [9.17, 15) is 9.59 Å². The molecule has 0 bridgehead atoms. The molecule has 4 heterocycles. The van der Waals surface area contributed by atoms with Gasteiger partial charge in [-0.15, -0.1) is 11.3 Å². The maximum absolute atomic E-state index is 13.2. The lowest BCUT2D eigenvalue weighted by atomic mass is 9.81. The second-order valence-corrected chi connectivity index (χ2v) is 12.0. The molecule has 3 aliphatic rings. The first-order chi connectivity index (χ1) is 16.8. The van der Waals surface area contributed by atoms with Crippen LogP contribution in [0.2, 0.25) is 4.34 Å². The number of fused-ring (bicyclic) bond motifs is 1. The summed E-state index contributed by atoms with van der Waals surface area (Å²) in [5.41, 5.74) is 2.24. The number of morpholine rings is 1. The lowest BCUT2D eigenvalue weighted by Crippen LogP contribution is -2.44. The molecule has 1 aromatic carbocycles. The number of nitrogens with zero attached hydrogens (tertiary/aromatic N) is 3. The van der Waals surface area contributed by atoms with Crippen LogP contribution in [0, 0.1) is 0 Å². The zero-order chi connectivity index (χ0) is 24.6. The van der Waals surface area contributed by atoms with Crippen molar-refractivity contribution in [1.82, 2.24) is 15.1 Å². The van der Waals surface area contributed by atoms with Crippen molar-refractivity contribution in [2.24, 2.45) is 0 Å². The van der Waals surface area contributed by atoms with Gasteiger partial charge in [0.15, 0.2) is 0 Å². The number of amides is 3. The highest BCUT2D eigenvalue weighted by atomic mass is 35.5. The largest absolute Gasteiger partial charge is 0.379 e. The number of halogens is 1. The van der Waals surface area contributed by atoms with E-state index < -0.39 is 0 Å². The number of hydrogen-bond donors (Lipinski definition) is 1. The molecular formula is C26H33ClN4O3S. The van der Waals surface area contributed by atoms with Crippen LogP contribution in [0.25, 0.3) is 0 Å². The van der Waals surface area contributed by atoms with Crippen molar-refractivity contribution in [3.63, 3.8) is 0 Å². The highest BCUT2D eigenvalue weighted by molar-refractivity contribution is 7.18. The van der Waals surface area contributed by atoms with Crippen molar-refractivity contribution in [2.45, 2.75) is 44.2 Å². The van der Waals surface area contributed by atoms with Crippen LogP contribution < -0.4 is 10.2 Å². The number of hydrogen-bond acceptors (Lipinski definition) is 5. The molecule has 3 saturated heterocycles. The fourth-order valence-electron chi connectivity index (χ4n) is 5.30. The van der Waals surface area contributed by atoms with Crippen LogP contribution >= 0.6 is 22.9 Å². The third-order valence-corrected chi connectivity index (χ3v) is 8.85. The Morgan fingerprint density at radius 3 is 2.57 bits per heavy atom. The molecule has 188 valence electrons. The molecule has 0 spiro atoms. The lowest BCUT2D eigenvalue weighted by Gasteiger charge is -2.32. The molecule has 1 aromatic heterocycles. The monoisotopic (exact) mass is 516 g/mol. The topological polar surface area (TPSA) is 65.1 Å².